The van der Waals surface area contributed by atoms with E-state index in [4.69, 9.17) is 0 Å². The smallest absolute Gasteiger partial charge is 0.222 e. The molecule has 0 atom stereocenters. The Kier molecular flexibility index (Phi) is 9.06. The summed E-state index contributed by atoms with van der Waals surface area (Å²) in [6.07, 6.45) is 1.66. The molecule has 0 saturated carbocycles. The Bertz CT molecular complexity index is 748. The highest BCUT2D eigenvalue weighted by molar-refractivity contribution is 14.0. The molecule has 27 heavy (non-hydrogen) atoms. The molecule has 7 heteroatoms. The number of aliphatic imine (C=N–C) groups is 1. The maximum absolute atomic E-state index is 11.8. The molecular formula is C20H27IN4OS. The molecule has 1 aliphatic rings. The van der Waals surface area contributed by atoms with E-state index in [1.807, 2.05) is 11.0 Å². The van der Waals surface area contributed by atoms with E-state index in [1.165, 1.54) is 10.4 Å². The van der Waals surface area contributed by atoms with Gasteiger partial charge in [0.2, 0.25) is 5.91 Å². The van der Waals surface area contributed by atoms with Gasteiger partial charge in [0, 0.05) is 30.9 Å². The Morgan fingerprint density at radius 1 is 1.22 bits per heavy atom. The lowest BCUT2D eigenvalue weighted by Crippen LogP contribution is -2.36. The number of guanidine groups is 1. The second kappa shape index (κ2) is 11.3. The molecule has 0 bridgehead atoms. The standard InChI is InChI=1S/C20H26N4OS.HI/c1-2-21-20(23-14-18-8-5-11-26-18)22-13-16-6-3-7-17(12-16)15-24-10-4-9-19(24)25;/h3,5-8,11-12H,2,4,9-10,13-15H2,1H3,(H2,21,22,23);1H. The number of carbonyl (C=O) groups is 1. The minimum absolute atomic E-state index is 0. The summed E-state index contributed by atoms with van der Waals surface area (Å²) in [5.74, 6) is 1.08. The quantitative estimate of drug-likeness (QED) is 0.348. The topological polar surface area (TPSA) is 56.7 Å². The summed E-state index contributed by atoms with van der Waals surface area (Å²) in [6.45, 7) is 5.86. The van der Waals surface area contributed by atoms with E-state index in [-0.39, 0.29) is 29.9 Å². The number of rotatable bonds is 7. The van der Waals surface area contributed by atoms with Crippen molar-refractivity contribution in [1.82, 2.24) is 15.5 Å². The van der Waals surface area contributed by atoms with Gasteiger partial charge in [-0.2, -0.15) is 0 Å². The Morgan fingerprint density at radius 3 is 2.78 bits per heavy atom. The first-order valence-corrected chi connectivity index (χ1v) is 10.0. The molecule has 5 nitrogen and oxygen atoms in total. The van der Waals surface area contributed by atoms with Crippen LogP contribution in [0.1, 0.15) is 35.8 Å². The summed E-state index contributed by atoms with van der Waals surface area (Å²) >= 11 is 1.74. The van der Waals surface area contributed by atoms with Crippen molar-refractivity contribution >= 4 is 47.2 Å². The number of carbonyl (C=O) groups excluding carboxylic acids is 1. The second-order valence-corrected chi connectivity index (χ2v) is 7.40. The van der Waals surface area contributed by atoms with Crippen LogP contribution in [0.15, 0.2) is 46.8 Å². The molecule has 3 rings (SSSR count). The Hall–Kier alpha value is -1.61. The predicted molar refractivity (Wildman–Crippen MR) is 122 cm³/mol. The highest BCUT2D eigenvalue weighted by Gasteiger charge is 2.19. The van der Waals surface area contributed by atoms with E-state index in [1.54, 1.807) is 11.3 Å². The first-order valence-electron chi connectivity index (χ1n) is 9.14. The molecule has 1 aromatic carbocycles. The van der Waals surface area contributed by atoms with Gasteiger partial charge in [-0.3, -0.25) is 4.79 Å². The summed E-state index contributed by atoms with van der Waals surface area (Å²) in [7, 11) is 0. The molecular weight excluding hydrogens is 471 g/mol. The number of hydrogen-bond acceptors (Lipinski definition) is 3. The van der Waals surface area contributed by atoms with Gasteiger partial charge in [-0.05, 0) is 35.9 Å². The lowest BCUT2D eigenvalue weighted by Gasteiger charge is -2.16. The minimum Gasteiger partial charge on any atom is -0.357 e. The van der Waals surface area contributed by atoms with Crippen molar-refractivity contribution in [2.75, 3.05) is 13.1 Å². The van der Waals surface area contributed by atoms with E-state index >= 15 is 0 Å². The summed E-state index contributed by atoms with van der Waals surface area (Å²) in [5.41, 5.74) is 2.33. The largest absolute Gasteiger partial charge is 0.357 e. The SMILES string of the molecule is CCNC(=NCc1cccc(CN2CCCC2=O)c1)NCc1cccs1.I. The fraction of sp³-hybridized carbons (Fsp3) is 0.400. The first-order chi connectivity index (χ1) is 12.7. The third-order valence-corrected chi connectivity index (χ3v) is 5.19. The van der Waals surface area contributed by atoms with Crippen molar-refractivity contribution in [2.24, 2.45) is 4.99 Å². The highest BCUT2D eigenvalue weighted by atomic mass is 127. The molecule has 0 spiro atoms. The van der Waals surface area contributed by atoms with Crippen LogP contribution in [0.25, 0.3) is 0 Å². The van der Waals surface area contributed by atoms with Gasteiger partial charge in [0.05, 0.1) is 13.1 Å². The number of halogens is 1. The van der Waals surface area contributed by atoms with Crippen molar-refractivity contribution in [3.63, 3.8) is 0 Å². The van der Waals surface area contributed by atoms with Crippen molar-refractivity contribution in [2.45, 2.75) is 39.4 Å². The monoisotopic (exact) mass is 498 g/mol. The van der Waals surface area contributed by atoms with E-state index in [2.05, 4.69) is 58.3 Å². The van der Waals surface area contributed by atoms with E-state index in [0.29, 0.717) is 19.5 Å². The molecule has 1 fully saturated rings. The Balaban J connectivity index is 0.00000261. The predicted octanol–water partition coefficient (Wildman–Crippen LogP) is 3.74. The summed E-state index contributed by atoms with van der Waals surface area (Å²) < 4.78 is 0. The zero-order valence-corrected chi connectivity index (χ0v) is 18.8. The molecule has 0 unspecified atom stereocenters. The molecule has 1 aromatic heterocycles. The molecule has 2 N–H and O–H groups in total. The number of amides is 1. The molecule has 1 saturated heterocycles. The molecule has 0 aliphatic carbocycles. The fourth-order valence-corrected chi connectivity index (χ4v) is 3.66. The fourth-order valence-electron chi connectivity index (χ4n) is 3.01. The van der Waals surface area contributed by atoms with Gasteiger partial charge in [0.25, 0.3) is 0 Å². The minimum atomic E-state index is 0. The van der Waals surface area contributed by atoms with E-state index in [0.717, 1.165) is 37.6 Å². The van der Waals surface area contributed by atoms with Crippen molar-refractivity contribution < 1.29 is 4.79 Å². The average Bonchev–Trinajstić information content (AvgIpc) is 3.30. The molecule has 146 valence electrons. The van der Waals surface area contributed by atoms with Crippen LogP contribution in [0.5, 0.6) is 0 Å². The van der Waals surface area contributed by atoms with Gasteiger partial charge in [0.1, 0.15) is 0 Å². The summed E-state index contributed by atoms with van der Waals surface area (Å²) in [4.78, 5) is 19.7. The molecule has 2 aromatic rings. The van der Waals surface area contributed by atoms with E-state index < -0.39 is 0 Å². The molecule has 1 amide bonds. The van der Waals surface area contributed by atoms with Crippen LogP contribution in [0.3, 0.4) is 0 Å². The van der Waals surface area contributed by atoms with Crippen LogP contribution in [-0.2, 0) is 24.4 Å². The lowest BCUT2D eigenvalue weighted by atomic mass is 10.1. The maximum Gasteiger partial charge on any atom is 0.222 e. The number of hydrogen-bond donors (Lipinski definition) is 2. The molecule has 1 aliphatic heterocycles. The zero-order valence-electron chi connectivity index (χ0n) is 15.6. The van der Waals surface area contributed by atoms with Crippen molar-refractivity contribution in [1.29, 1.82) is 0 Å². The number of likely N-dealkylation sites (tertiary alicyclic amines) is 1. The first kappa shape index (κ1) is 21.7. The Labute approximate surface area is 182 Å². The van der Waals surface area contributed by atoms with E-state index in [9.17, 15) is 4.79 Å². The number of nitrogens with one attached hydrogen (secondary N) is 2. The van der Waals surface area contributed by atoms with Gasteiger partial charge in [-0.25, -0.2) is 4.99 Å². The lowest BCUT2D eigenvalue weighted by molar-refractivity contribution is -0.128. The third-order valence-electron chi connectivity index (χ3n) is 4.31. The second-order valence-electron chi connectivity index (χ2n) is 6.37. The molecule has 0 radical (unpaired) electrons. The Morgan fingerprint density at radius 2 is 2.07 bits per heavy atom. The maximum atomic E-state index is 11.8. The third kappa shape index (κ3) is 6.80. The normalized spacial score (nSPS) is 14.2. The van der Waals surface area contributed by atoms with Crippen molar-refractivity contribution in [3.05, 3.63) is 57.8 Å². The molecule has 2 heterocycles. The van der Waals surface area contributed by atoms with Gasteiger partial charge in [0.15, 0.2) is 5.96 Å². The average molecular weight is 498 g/mol. The van der Waals surface area contributed by atoms with Crippen molar-refractivity contribution in [3.8, 4) is 0 Å². The van der Waals surface area contributed by atoms with Gasteiger partial charge in [-0.15, -0.1) is 35.3 Å². The van der Waals surface area contributed by atoms with Crippen LogP contribution in [0, 0.1) is 0 Å². The number of thiophene rings is 1. The van der Waals surface area contributed by atoms with Gasteiger partial charge >= 0.3 is 0 Å². The van der Waals surface area contributed by atoms with Crippen LogP contribution < -0.4 is 10.6 Å². The van der Waals surface area contributed by atoms with Gasteiger partial charge < -0.3 is 15.5 Å². The van der Waals surface area contributed by atoms with Crippen LogP contribution >= 0.6 is 35.3 Å². The van der Waals surface area contributed by atoms with Gasteiger partial charge in [-0.1, -0.05) is 30.3 Å². The summed E-state index contributed by atoms with van der Waals surface area (Å²) in [5, 5.41) is 8.74. The van der Waals surface area contributed by atoms with Crippen LogP contribution in [0.4, 0.5) is 0 Å². The summed E-state index contributed by atoms with van der Waals surface area (Å²) in [6, 6.07) is 12.5. The van der Waals surface area contributed by atoms with Crippen LogP contribution in [0.2, 0.25) is 0 Å². The number of nitrogens with zero attached hydrogens (tertiary/aromatic N) is 2. The zero-order chi connectivity index (χ0) is 18.2. The number of benzene rings is 1. The van der Waals surface area contributed by atoms with Crippen LogP contribution in [-0.4, -0.2) is 29.9 Å². The highest BCUT2D eigenvalue weighted by Crippen LogP contribution is 2.15.